The Kier molecular flexibility index (Phi) is 8.86. The topological polar surface area (TPSA) is 82.3 Å². The number of benzene rings is 1. The van der Waals surface area contributed by atoms with Crippen LogP contribution in [0.4, 0.5) is 8.78 Å². The lowest BCUT2D eigenvalue weighted by atomic mass is 9.90. The molecule has 190 valence electrons. The van der Waals surface area contributed by atoms with Crippen molar-refractivity contribution in [3.63, 3.8) is 0 Å². The van der Waals surface area contributed by atoms with Gasteiger partial charge in [-0.3, -0.25) is 0 Å². The van der Waals surface area contributed by atoms with Gasteiger partial charge in [-0.1, -0.05) is 48.9 Å². The van der Waals surface area contributed by atoms with E-state index in [0.717, 1.165) is 17.7 Å². The summed E-state index contributed by atoms with van der Waals surface area (Å²) in [7, 11) is 0. The van der Waals surface area contributed by atoms with Crippen LogP contribution in [0.15, 0.2) is 67.4 Å². The minimum Gasteiger partial charge on any atom is -0.382 e. The van der Waals surface area contributed by atoms with Crippen LogP contribution in [-0.2, 0) is 21.6 Å². The van der Waals surface area contributed by atoms with Gasteiger partial charge in [0.05, 0.1) is 25.0 Å². The van der Waals surface area contributed by atoms with Crippen LogP contribution in [0.2, 0.25) is 5.15 Å². The average Bonchev–Trinajstić information content (AvgIpc) is 3.36. The lowest BCUT2D eigenvalue weighted by molar-refractivity contribution is -0.146. The fourth-order valence-electron chi connectivity index (χ4n) is 3.73. The summed E-state index contributed by atoms with van der Waals surface area (Å²) in [5.41, 5.74) is -0.787. The number of aromatic nitrogens is 4. The smallest absolute Gasteiger partial charge is 0.177 e. The van der Waals surface area contributed by atoms with Gasteiger partial charge >= 0.3 is 0 Å². The Morgan fingerprint density at radius 2 is 2.06 bits per heavy atom. The van der Waals surface area contributed by atoms with Crippen molar-refractivity contribution < 1.29 is 23.4 Å². The number of halogens is 3. The Labute approximate surface area is 216 Å². The lowest BCUT2D eigenvalue weighted by Crippen LogP contribution is -2.43. The minimum absolute atomic E-state index is 0.0134. The second kappa shape index (κ2) is 12.1. The zero-order chi connectivity index (χ0) is 25.5. The lowest BCUT2D eigenvalue weighted by Gasteiger charge is -2.37. The molecule has 1 aliphatic heterocycles. The second-order valence-electron chi connectivity index (χ2n) is 8.24. The number of thioether (sulfide) groups is 1. The molecule has 2 atom stereocenters. The molecule has 1 fully saturated rings. The van der Waals surface area contributed by atoms with E-state index in [0.29, 0.717) is 18.4 Å². The van der Waals surface area contributed by atoms with Crippen LogP contribution in [0.3, 0.4) is 0 Å². The summed E-state index contributed by atoms with van der Waals surface area (Å²) in [4.78, 5) is 7.91. The molecular formula is C25H25ClF2N4O3S. The summed E-state index contributed by atoms with van der Waals surface area (Å²) in [5, 5.41) is 15.5. The van der Waals surface area contributed by atoms with Crippen LogP contribution in [0.5, 0.6) is 0 Å². The van der Waals surface area contributed by atoms with Crippen LogP contribution in [-0.4, -0.2) is 54.9 Å². The molecule has 0 spiro atoms. The largest absolute Gasteiger partial charge is 0.382 e. The zero-order valence-electron chi connectivity index (χ0n) is 19.4. The van der Waals surface area contributed by atoms with Crippen molar-refractivity contribution in [2.45, 2.75) is 35.9 Å². The van der Waals surface area contributed by atoms with Gasteiger partial charge in [0.2, 0.25) is 0 Å². The summed E-state index contributed by atoms with van der Waals surface area (Å²) in [6.07, 6.45) is 11.3. The molecule has 0 amide bonds. The van der Waals surface area contributed by atoms with E-state index in [4.69, 9.17) is 21.1 Å². The summed E-state index contributed by atoms with van der Waals surface area (Å²) < 4.78 is 41.3. The Morgan fingerprint density at radius 3 is 2.72 bits per heavy atom. The van der Waals surface area contributed by atoms with Crippen LogP contribution >= 0.6 is 23.4 Å². The second-order valence-corrected chi connectivity index (χ2v) is 10.3. The van der Waals surface area contributed by atoms with Crippen LogP contribution in [0.1, 0.15) is 18.1 Å². The highest BCUT2D eigenvalue weighted by Gasteiger charge is 2.41. The van der Waals surface area contributed by atoms with E-state index in [1.165, 1.54) is 35.2 Å². The molecular weight excluding hydrogens is 510 g/mol. The number of hydrogen-bond acceptors (Lipinski definition) is 7. The highest BCUT2D eigenvalue weighted by molar-refractivity contribution is 8.00. The summed E-state index contributed by atoms with van der Waals surface area (Å²) >= 11 is 7.19. The molecule has 7 nitrogen and oxygen atoms in total. The number of nitrogens with zero attached hydrogens (tertiary/aromatic N) is 4. The van der Waals surface area contributed by atoms with Crippen molar-refractivity contribution in [1.82, 2.24) is 19.7 Å². The van der Waals surface area contributed by atoms with Crippen LogP contribution in [0.25, 0.3) is 6.08 Å². The van der Waals surface area contributed by atoms with E-state index in [9.17, 15) is 13.9 Å². The van der Waals surface area contributed by atoms with Gasteiger partial charge in [0.15, 0.2) is 6.29 Å². The third-order valence-electron chi connectivity index (χ3n) is 5.65. The number of pyridine rings is 1. The molecule has 2 aromatic heterocycles. The number of allylic oxidation sites excluding steroid dienone is 2. The maximum absolute atomic E-state index is 14.7. The maximum Gasteiger partial charge on any atom is 0.177 e. The highest BCUT2D eigenvalue weighted by Crippen LogP contribution is 2.38. The number of rotatable bonds is 9. The monoisotopic (exact) mass is 534 g/mol. The van der Waals surface area contributed by atoms with Crippen molar-refractivity contribution >= 4 is 29.4 Å². The van der Waals surface area contributed by atoms with Crippen molar-refractivity contribution in [2.75, 3.05) is 13.2 Å². The van der Waals surface area contributed by atoms with Crippen LogP contribution < -0.4 is 0 Å². The molecule has 4 rings (SSSR count). The van der Waals surface area contributed by atoms with Gasteiger partial charge in [0.1, 0.15) is 35.0 Å². The number of hydrogen-bond donors (Lipinski definition) is 1. The van der Waals surface area contributed by atoms with Gasteiger partial charge in [-0.05, 0) is 23.8 Å². The Balaban J connectivity index is 1.36. The summed E-state index contributed by atoms with van der Waals surface area (Å²) in [5.74, 6) is -1.54. The number of aliphatic hydroxyl groups is 1. The third kappa shape index (κ3) is 6.77. The summed E-state index contributed by atoms with van der Waals surface area (Å²) in [6, 6.07) is 6.73. The molecule has 1 saturated heterocycles. The normalized spacial score (nSPS) is 21.1. The molecule has 0 radical (unpaired) electrons. The molecule has 0 saturated carbocycles. The van der Waals surface area contributed by atoms with Crippen molar-refractivity contribution in [2.24, 2.45) is 0 Å². The molecule has 1 aliphatic rings. The molecule has 1 N–H and O–H groups in total. The molecule has 0 unspecified atom stereocenters. The van der Waals surface area contributed by atoms with Crippen LogP contribution in [0, 0.1) is 11.6 Å². The van der Waals surface area contributed by atoms with Gasteiger partial charge in [0, 0.05) is 23.1 Å². The molecule has 0 bridgehead atoms. The van der Waals surface area contributed by atoms with Crippen molar-refractivity contribution in [1.29, 1.82) is 0 Å². The van der Waals surface area contributed by atoms with E-state index < -0.39 is 28.8 Å². The zero-order valence-corrected chi connectivity index (χ0v) is 20.9. The van der Waals surface area contributed by atoms with E-state index in [1.807, 2.05) is 24.3 Å². The van der Waals surface area contributed by atoms with E-state index in [-0.39, 0.29) is 17.4 Å². The molecule has 3 aromatic rings. The first-order valence-electron chi connectivity index (χ1n) is 11.2. The summed E-state index contributed by atoms with van der Waals surface area (Å²) in [6.45, 7) is 2.48. The molecule has 11 heteroatoms. The Bertz CT molecular complexity index is 1190. The molecule has 36 heavy (non-hydrogen) atoms. The first kappa shape index (κ1) is 26.4. The van der Waals surface area contributed by atoms with Gasteiger partial charge in [-0.25, -0.2) is 23.4 Å². The van der Waals surface area contributed by atoms with Gasteiger partial charge in [0.25, 0.3) is 0 Å². The van der Waals surface area contributed by atoms with E-state index in [2.05, 4.69) is 15.1 Å². The number of ether oxygens (including phenoxy) is 2. The Hall–Kier alpha value is -2.63. The quantitative estimate of drug-likeness (QED) is 0.317. The average molecular weight is 535 g/mol. The maximum atomic E-state index is 14.7. The predicted molar refractivity (Wildman–Crippen MR) is 134 cm³/mol. The molecule has 3 heterocycles. The minimum atomic E-state index is -1.69. The van der Waals surface area contributed by atoms with Gasteiger partial charge in [-0.15, -0.1) is 11.8 Å². The van der Waals surface area contributed by atoms with E-state index in [1.54, 1.807) is 25.3 Å². The highest BCUT2D eigenvalue weighted by atomic mass is 35.5. The molecule has 1 aromatic carbocycles. The third-order valence-corrected chi connectivity index (χ3v) is 7.33. The predicted octanol–water partition coefficient (Wildman–Crippen LogP) is 4.63. The molecule has 0 aliphatic carbocycles. The van der Waals surface area contributed by atoms with Gasteiger partial charge in [-0.2, -0.15) is 5.10 Å². The standard InChI is InChI=1S/C25H25ClF2N4O3S/c1-17(25(33,14-32-16-29-15-31-32)21-8-7-19(27)10-22(21)28)36-20-12-34-24(35-13-20)5-3-2-4-18-6-9-23(26)30-11-18/h2-11,15-17,20,24,33H,12-14H2,1H3/b4-2+,5-3+/t17-,20-,24-,25-/m1/s1. The SMILES string of the molecule is C[C@@H](S[C@H]1CO[C@H](/C=C/C=C/c2ccc(Cl)nc2)OC1)[C@](O)(Cn1cncn1)c1ccc(F)cc1F. The fraction of sp³-hybridized carbons (Fsp3) is 0.320. The van der Waals surface area contributed by atoms with Crippen molar-refractivity contribution in [3.05, 3.63) is 95.3 Å². The van der Waals surface area contributed by atoms with E-state index >= 15 is 0 Å². The van der Waals surface area contributed by atoms with Gasteiger partial charge < -0.3 is 14.6 Å². The Morgan fingerprint density at radius 1 is 1.25 bits per heavy atom. The first-order valence-corrected chi connectivity index (χ1v) is 12.5. The fourth-order valence-corrected chi connectivity index (χ4v) is 5.16. The first-order chi connectivity index (χ1) is 17.3. The van der Waals surface area contributed by atoms with Crippen molar-refractivity contribution in [3.8, 4) is 0 Å².